The number of aromatic nitrogens is 1. The first-order valence-electron chi connectivity index (χ1n) is 4.10. The maximum Gasteiger partial charge on any atom is 0.228 e. The van der Waals surface area contributed by atoms with Crippen LogP contribution in [0.5, 0.6) is 0 Å². The second-order valence-corrected chi connectivity index (χ2v) is 3.07. The van der Waals surface area contributed by atoms with Gasteiger partial charge in [0.2, 0.25) is 11.9 Å². The molecule has 0 unspecified atom stereocenters. The Kier molecular flexibility index (Phi) is 1.76. The summed E-state index contributed by atoms with van der Waals surface area (Å²) in [7, 11) is 1.62. The molecule has 0 bridgehead atoms. The van der Waals surface area contributed by atoms with Gasteiger partial charge in [-0.15, -0.1) is 0 Å². The third-order valence-electron chi connectivity index (χ3n) is 2.22. The van der Waals surface area contributed by atoms with E-state index in [9.17, 15) is 9.18 Å². The van der Waals surface area contributed by atoms with Crippen molar-refractivity contribution in [2.75, 3.05) is 11.9 Å². The summed E-state index contributed by atoms with van der Waals surface area (Å²) in [6, 6.07) is 3.00. The predicted molar refractivity (Wildman–Crippen MR) is 45.9 cm³/mol. The summed E-state index contributed by atoms with van der Waals surface area (Å²) >= 11 is 0. The second-order valence-electron chi connectivity index (χ2n) is 3.07. The highest BCUT2D eigenvalue weighted by atomic mass is 19.1. The fourth-order valence-corrected chi connectivity index (χ4v) is 1.47. The lowest BCUT2D eigenvalue weighted by atomic mass is 10.1. The summed E-state index contributed by atoms with van der Waals surface area (Å²) in [5.41, 5.74) is 0.934. The Balaban J connectivity index is 2.51. The lowest BCUT2D eigenvalue weighted by Gasteiger charge is -2.23. The molecule has 0 fully saturated rings. The third kappa shape index (κ3) is 1.28. The van der Waals surface area contributed by atoms with Crippen LogP contribution >= 0.6 is 0 Å². The molecule has 0 saturated heterocycles. The highest BCUT2D eigenvalue weighted by molar-refractivity contribution is 5.94. The van der Waals surface area contributed by atoms with Crippen molar-refractivity contribution in [3.63, 3.8) is 0 Å². The highest BCUT2D eigenvalue weighted by Crippen LogP contribution is 2.23. The zero-order chi connectivity index (χ0) is 9.42. The molecule has 0 spiro atoms. The van der Waals surface area contributed by atoms with E-state index in [1.54, 1.807) is 13.1 Å². The van der Waals surface area contributed by atoms with Gasteiger partial charge < -0.3 is 0 Å². The normalized spacial score (nSPS) is 15.8. The summed E-state index contributed by atoms with van der Waals surface area (Å²) in [4.78, 5) is 16.3. The molecule has 3 nitrogen and oxygen atoms in total. The lowest BCUT2D eigenvalue weighted by Crippen LogP contribution is -2.32. The molecule has 0 atom stereocenters. The van der Waals surface area contributed by atoms with E-state index < -0.39 is 5.95 Å². The van der Waals surface area contributed by atoms with Crippen LogP contribution in [0.2, 0.25) is 0 Å². The van der Waals surface area contributed by atoms with E-state index in [4.69, 9.17) is 0 Å². The molecule has 13 heavy (non-hydrogen) atoms. The van der Waals surface area contributed by atoms with E-state index in [0.717, 1.165) is 5.56 Å². The minimum atomic E-state index is -0.541. The van der Waals surface area contributed by atoms with Crippen LogP contribution < -0.4 is 4.90 Å². The monoisotopic (exact) mass is 180 g/mol. The van der Waals surface area contributed by atoms with Gasteiger partial charge in [-0.25, -0.2) is 4.98 Å². The number of amides is 1. The summed E-state index contributed by atoms with van der Waals surface area (Å²) in [5.74, 6) is -0.0952. The first kappa shape index (κ1) is 8.16. The van der Waals surface area contributed by atoms with Crippen molar-refractivity contribution < 1.29 is 9.18 Å². The molecule has 1 aliphatic heterocycles. The second kappa shape index (κ2) is 2.80. The Morgan fingerprint density at radius 3 is 3.00 bits per heavy atom. The van der Waals surface area contributed by atoms with Crippen LogP contribution in [-0.2, 0) is 11.2 Å². The number of rotatable bonds is 0. The summed E-state index contributed by atoms with van der Waals surface area (Å²) < 4.78 is 12.7. The van der Waals surface area contributed by atoms with Gasteiger partial charge in [-0.05, 0) is 18.1 Å². The van der Waals surface area contributed by atoms with Crippen LogP contribution in [0.4, 0.5) is 10.2 Å². The smallest absolute Gasteiger partial charge is 0.228 e. The maximum atomic E-state index is 12.7. The number of nitrogens with zero attached hydrogens (tertiary/aromatic N) is 2. The first-order valence-corrected chi connectivity index (χ1v) is 4.10. The molecule has 0 aromatic carbocycles. The van der Waals surface area contributed by atoms with Crippen molar-refractivity contribution in [1.82, 2.24) is 4.98 Å². The van der Waals surface area contributed by atoms with Gasteiger partial charge in [0.25, 0.3) is 0 Å². The molecule has 0 aliphatic carbocycles. The van der Waals surface area contributed by atoms with Gasteiger partial charge in [0.1, 0.15) is 5.82 Å². The fourth-order valence-electron chi connectivity index (χ4n) is 1.47. The number of pyridine rings is 1. The number of carbonyl (C=O) groups excluding carboxylic acids is 1. The number of hydrogen-bond donors (Lipinski definition) is 0. The van der Waals surface area contributed by atoms with Crippen LogP contribution in [0.3, 0.4) is 0 Å². The summed E-state index contributed by atoms with van der Waals surface area (Å²) in [5, 5.41) is 0. The molecule has 2 rings (SSSR count). The summed E-state index contributed by atoms with van der Waals surface area (Å²) in [6.45, 7) is 0. The number of aryl methyl sites for hydroxylation is 1. The Bertz CT molecular complexity index is 365. The molecule has 1 amide bonds. The van der Waals surface area contributed by atoms with Crippen LogP contribution in [-0.4, -0.2) is 17.9 Å². The number of fused-ring (bicyclic) bond motifs is 1. The standard InChI is InChI=1S/C9H9FN2O/c1-12-8(13)5-3-6-2-4-7(10)11-9(6)12/h2,4H,3,5H2,1H3. The molecule has 1 aromatic heterocycles. The molecular formula is C9H9FN2O. The largest absolute Gasteiger partial charge is 0.300 e. The average molecular weight is 180 g/mol. The first-order chi connectivity index (χ1) is 6.18. The van der Waals surface area contributed by atoms with Crippen LogP contribution in [0, 0.1) is 5.95 Å². The van der Waals surface area contributed by atoms with Gasteiger partial charge in [-0.2, -0.15) is 4.39 Å². The van der Waals surface area contributed by atoms with E-state index in [-0.39, 0.29) is 5.91 Å². The van der Waals surface area contributed by atoms with Crippen LogP contribution in [0.1, 0.15) is 12.0 Å². The van der Waals surface area contributed by atoms with Crippen LogP contribution in [0.15, 0.2) is 12.1 Å². The van der Waals surface area contributed by atoms with E-state index >= 15 is 0 Å². The highest BCUT2D eigenvalue weighted by Gasteiger charge is 2.22. The summed E-state index contributed by atoms with van der Waals surface area (Å²) in [6.07, 6.45) is 1.14. The zero-order valence-corrected chi connectivity index (χ0v) is 7.25. The lowest BCUT2D eigenvalue weighted by molar-refractivity contribution is -0.118. The van der Waals surface area contributed by atoms with Gasteiger partial charge in [0, 0.05) is 13.5 Å². The number of carbonyl (C=O) groups is 1. The Morgan fingerprint density at radius 2 is 2.23 bits per heavy atom. The van der Waals surface area contributed by atoms with Crippen molar-refractivity contribution >= 4 is 11.7 Å². The SMILES string of the molecule is CN1C(=O)CCc2ccc(F)nc21. The Hall–Kier alpha value is -1.45. The average Bonchev–Trinajstić information content (AvgIpc) is 2.12. The van der Waals surface area contributed by atoms with Gasteiger partial charge in [-0.3, -0.25) is 9.69 Å². The van der Waals surface area contributed by atoms with Crippen molar-refractivity contribution in [1.29, 1.82) is 0 Å². The van der Waals surface area contributed by atoms with Crippen molar-refractivity contribution in [3.8, 4) is 0 Å². The van der Waals surface area contributed by atoms with Crippen molar-refractivity contribution in [2.24, 2.45) is 0 Å². The quantitative estimate of drug-likeness (QED) is 0.561. The topological polar surface area (TPSA) is 33.2 Å². The minimum Gasteiger partial charge on any atom is -0.300 e. The zero-order valence-electron chi connectivity index (χ0n) is 7.25. The molecule has 2 heterocycles. The van der Waals surface area contributed by atoms with Gasteiger partial charge in [0.05, 0.1) is 0 Å². The Labute approximate surface area is 75.2 Å². The molecule has 0 N–H and O–H groups in total. The fraction of sp³-hybridized carbons (Fsp3) is 0.333. The molecular weight excluding hydrogens is 171 g/mol. The third-order valence-corrected chi connectivity index (χ3v) is 2.22. The number of anilines is 1. The molecule has 1 aromatic rings. The molecule has 68 valence electrons. The molecule has 0 saturated carbocycles. The van der Waals surface area contributed by atoms with Gasteiger partial charge in [-0.1, -0.05) is 6.07 Å². The maximum absolute atomic E-state index is 12.7. The number of hydrogen-bond acceptors (Lipinski definition) is 2. The van der Waals surface area contributed by atoms with E-state index in [1.807, 2.05) is 0 Å². The van der Waals surface area contributed by atoms with Crippen molar-refractivity contribution in [3.05, 3.63) is 23.6 Å². The predicted octanol–water partition coefficient (Wildman–Crippen LogP) is 1.13. The molecule has 0 radical (unpaired) electrons. The minimum absolute atomic E-state index is 0.00870. The van der Waals surface area contributed by atoms with Gasteiger partial charge in [0.15, 0.2) is 0 Å². The molecule has 1 aliphatic rings. The molecule has 4 heteroatoms. The van der Waals surface area contributed by atoms with Gasteiger partial charge >= 0.3 is 0 Å². The Morgan fingerprint density at radius 1 is 1.46 bits per heavy atom. The van der Waals surface area contributed by atoms with Crippen LogP contribution in [0.25, 0.3) is 0 Å². The van der Waals surface area contributed by atoms with E-state index in [1.165, 1.54) is 11.0 Å². The van der Waals surface area contributed by atoms with E-state index in [2.05, 4.69) is 4.98 Å². The van der Waals surface area contributed by atoms with Crippen molar-refractivity contribution in [2.45, 2.75) is 12.8 Å². The van der Waals surface area contributed by atoms with E-state index in [0.29, 0.717) is 18.7 Å². The number of halogens is 1.